The minimum atomic E-state index is -1.68. The summed E-state index contributed by atoms with van der Waals surface area (Å²) in [5.74, 6) is -4.86. The molecule has 0 unspecified atom stereocenters. The average molecular weight is 1060 g/mol. The maximum absolute atomic E-state index is 14.4. The van der Waals surface area contributed by atoms with E-state index in [1.807, 2.05) is 54.6 Å². The smallest absolute Gasteiger partial charge is 0.251 e. The van der Waals surface area contributed by atoms with Crippen molar-refractivity contribution in [2.45, 2.75) is 133 Å². The first kappa shape index (κ1) is 57.5. The summed E-state index contributed by atoms with van der Waals surface area (Å²) in [4.78, 5) is 101. The summed E-state index contributed by atoms with van der Waals surface area (Å²) in [6.45, 7) is 4.44. The van der Waals surface area contributed by atoms with Crippen molar-refractivity contribution in [3.8, 4) is 28.0 Å². The number of fused-ring (bicyclic) bond motifs is 2. The summed E-state index contributed by atoms with van der Waals surface area (Å²) in [5.41, 5.74) is 11.0. The molecule has 20 heteroatoms. The average Bonchev–Trinajstić information content (AvgIpc) is 4.03. The Morgan fingerprint density at radius 2 is 1.26 bits per heavy atom. The highest BCUT2D eigenvalue weighted by atomic mass is 16.5. The molecule has 4 aromatic rings. The fraction of sp³-hybridized carbons (Fsp3) is 0.456. The van der Waals surface area contributed by atoms with E-state index in [2.05, 4.69) is 33.5 Å². The lowest BCUT2D eigenvalue weighted by Gasteiger charge is -2.32. The van der Waals surface area contributed by atoms with Gasteiger partial charge >= 0.3 is 0 Å². The van der Waals surface area contributed by atoms with Crippen LogP contribution in [0.1, 0.15) is 81.6 Å². The van der Waals surface area contributed by atoms with Gasteiger partial charge in [0.2, 0.25) is 35.4 Å². The number of unbranched alkanes of at least 4 members (excludes halogenated alkanes) is 2. The summed E-state index contributed by atoms with van der Waals surface area (Å²) < 4.78 is 11.7. The van der Waals surface area contributed by atoms with E-state index >= 15 is 0 Å². The fourth-order valence-electron chi connectivity index (χ4n) is 9.73. The molecule has 0 spiro atoms. The van der Waals surface area contributed by atoms with Gasteiger partial charge in [-0.25, -0.2) is 0 Å². The van der Waals surface area contributed by atoms with Crippen LogP contribution in [-0.2, 0) is 40.1 Å². The van der Waals surface area contributed by atoms with Gasteiger partial charge in [0.1, 0.15) is 42.0 Å². The zero-order valence-corrected chi connectivity index (χ0v) is 43.8. The first-order valence-electron chi connectivity index (χ1n) is 26.5. The lowest BCUT2D eigenvalue weighted by molar-refractivity contribution is -0.146. The zero-order chi connectivity index (χ0) is 55.2. The number of aliphatic hydroxyl groups is 3. The molecule has 7 rings (SSSR count). The van der Waals surface area contributed by atoms with Gasteiger partial charge in [-0.2, -0.15) is 0 Å². The van der Waals surface area contributed by atoms with Gasteiger partial charge in [0, 0.05) is 37.7 Å². The van der Waals surface area contributed by atoms with Crippen LogP contribution in [0.25, 0.3) is 22.3 Å². The standard InChI is InChI=1S/C57H72N8O12/c1-4-5-9-27-77-44-24-22-40(23-25-44)38-16-14-37(15-17-38)39-18-20-41(21-19-39)51(69)60-45-13-10-26-59-54(72)47-28-42(58)30-64(47)56(74)49(34(2)66)63-53(71)46(33-76-32-36-11-7-6-8-12-36)61-55(73)48-29-43(68)31-65(48)57(75)50(35(3)67)62-52(45)70/h6-8,11-12,14-25,34-35,42-43,45-50,66-68H,4-5,9-10,13,26-33,58H2,1-3H3,(H,59,72)(H,60,69)(H,61,73)(H,62,70)(H,63,71)/t34-,35-,42+,43-,45+,46+,47+,48+,49+,50+/m1/s1. The van der Waals surface area contributed by atoms with Gasteiger partial charge in [-0.3, -0.25) is 33.6 Å². The molecule has 412 valence electrons. The van der Waals surface area contributed by atoms with Crippen LogP contribution in [0.5, 0.6) is 5.75 Å². The van der Waals surface area contributed by atoms with Gasteiger partial charge in [0.15, 0.2) is 0 Å². The normalized spacial score (nSPS) is 24.8. The molecule has 7 amide bonds. The quantitative estimate of drug-likeness (QED) is 0.0771. The van der Waals surface area contributed by atoms with Crippen LogP contribution in [0, 0.1) is 0 Å². The van der Waals surface area contributed by atoms with E-state index in [0.29, 0.717) is 6.61 Å². The van der Waals surface area contributed by atoms with E-state index in [9.17, 15) is 48.9 Å². The van der Waals surface area contributed by atoms with Gasteiger partial charge in [-0.1, -0.05) is 98.6 Å². The molecule has 0 saturated carbocycles. The molecule has 0 aromatic heterocycles. The fourth-order valence-corrected chi connectivity index (χ4v) is 9.73. The Labute approximate surface area is 448 Å². The Kier molecular flexibility index (Phi) is 20.3. The summed E-state index contributed by atoms with van der Waals surface area (Å²) in [7, 11) is 0. The van der Waals surface area contributed by atoms with Crippen molar-refractivity contribution in [1.29, 1.82) is 0 Å². The lowest BCUT2D eigenvalue weighted by atomic mass is 9.99. The number of carbonyl (C=O) groups is 7. The number of carbonyl (C=O) groups excluding carboxylic acids is 7. The van der Waals surface area contributed by atoms with Crippen molar-refractivity contribution in [3.05, 3.63) is 114 Å². The molecule has 10 atom stereocenters. The molecule has 3 aliphatic heterocycles. The molecule has 10 N–H and O–H groups in total. The highest BCUT2D eigenvalue weighted by Crippen LogP contribution is 2.28. The first-order valence-corrected chi connectivity index (χ1v) is 26.5. The van der Waals surface area contributed by atoms with Crippen LogP contribution in [0.2, 0.25) is 0 Å². The molecule has 3 saturated heterocycles. The number of ether oxygens (including phenoxy) is 2. The predicted molar refractivity (Wildman–Crippen MR) is 285 cm³/mol. The van der Waals surface area contributed by atoms with E-state index < -0.39 is 109 Å². The van der Waals surface area contributed by atoms with E-state index in [4.69, 9.17) is 15.2 Å². The molecule has 4 aromatic carbocycles. The number of hydrogen-bond donors (Lipinski definition) is 9. The van der Waals surface area contributed by atoms with Crippen molar-refractivity contribution >= 4 is 41.4 Å². The third-order valence-corrected chi connectivity index (χ3v) is 14.1. The zero-order valence-electron chi connectivity index (χ0n) is 43.8. The van der Waals surface area contributed by atoms with Crippen LogP contribution in [0.3, 0.4) is 0 Å². The van der Waals surface area contributed by atoms with E-state index in [-0.39, 0.29) is 57.5 Å². The predicted octanol–water partition coefficient (Wildman–Crippen LogP) is 1.92. The molecular weight excluding hydrogens is 989 g/mol. The molecule has 3 heterocycles. The number of hydrogen-bond acceptors (Lipinski definition) is 13. The summed E-state index contributed by atoms with van der Waals surface area (Å²) >= 11 is 0. The molecule has 77 heavy (non-hydrogen) atoms. The minimum Gasteiger partial charge on any atom is -0.494 e. The Balaban J connectivity index is 1.10. The van der Waals surface area contributed by atoms with Crippen molar-refractivity contribution in [1.82, 2.24) is 36.4 Å². The van der Waals surface area contributed by atoms with Gasteiger partial charge in [-0.15, -0.1) is 0 Å². The Bertz CT molecular complexity index is 2660. The number of nitrogens with zero attached hydrogens (tertiary/aromatic N) is 2. The summed E-state index contributed by atoms with van der Waals surface area (Å²) in [6.07, 6.45) is -1.22. The van der Waals surface area contributed by atoms with Crippen LogP contribution in [0.4, 0.5) is 0 Å². The van der Waals surface area contributed by atoms with Gasteiger partial charge in [0.25, 0.3) is 5.91 Å². The molecule has 0 radical (unpaired) electrons. The number of nitrogens with two attached hydrogens (primary N) is 1. The Morgan fingerprint density at radius 3 is 1.86 bits per heavy atom. The third-order valence-electron chi connectivity index (χ3n) is 14.1. The second-order valence-electron chi connectivity index (χ2n) is 20.1. The largest absolute Gasteiger partial charge is 0.494 e. The van der Waals surface area contributed by atoms with Crippen LogP contribution >= 0.6 is 0 Å². The van der Waals surface area contributed by atoms with Crippen LogP contribution in [-0.4, -0.2) is 160 Å². The van der Waals surface area contributed by atoms with Crippen molar-refractivity contribution in [2.24, 2.45) is 5.73 Å². The van der Waals surface area contributed by atoms with Crippen molar-refractivity contribution < 1.29 is 58.4 Å². The monoisotopic (exact) mass is 1060 g/mol. The number of aliphatic hydroxyl groups excluding tert-OH is 3. The van der Waals surface area contributed by atoms with E-state index in [1.54, 1.807) is 48.5 Å². The maximum Gasteiger partial charge on any atom is 0.251 e. The first-order chi connectivity index (χ1) is 37.0. The molecule has 0 bridgehead atoms. The van der Waals surface area contributed by atoms with Crippen LogP contribution < -0.4 is 37.1 Å². The summed E-state index contributed by atoms with van der Waals surface area (Å²) in [5, 5.41) is 46.0. The molecule has 3 aliphatic rings. The number of nitrogens with one attached hydrogen (secondary N) is 5. The van der Waals surface area contributed by atoms with Gasteiger partial charge in [0.05, 0.1) is 38.1 Å². The van der Waals surface area contributed by atoms with Crippen molar-refractivity contribution in [2.75, 3.05) is 32.8 Å². The molecule has 20 nitrogen and oxygen atoms in total. The molecular formula is C57H72N8O12. The van der Waals surface area contributed by atoms with Gasteiger partial charge in [-0.05, 0) is 91.6 Å². The number of rotatable bonds is 15. The number of amides is 7. The Morgan fingerprint density at radius 1 is 0.701 bits per heavy atom. The third kappa shape index (κ3) is 15.3. The SMILES string of the molecule is CCCCCOc1ccc(-c2ccc(-c3ccc(C(=O)N[C@H]4CCCNC(=O)[C@@H]5C[C@H](N)CN5C(=O)[C@H]([C@@H](C)O)NC(=O)[C@H](COCc5ccccc5)NC(=O)[C@@H]5C[C@@H](O)CN5C(=O)[C@H]([C@@H](C)O)NC4=O)cc3)cc2)cc1. The highest BCUT2D eigenvalue weighted by molar-refractivity contribution is 6.00. The van der Waals surface area contributed by atoms with E-state index in [1.165, 1.54) is 18.7 Å². The summed E-state index contributed by atoms with van der Waals surface area (Å²) in [6, 6.07) is 22.3. The second-order valence-corrected chi connectivity index (χ2v) is 20.1. The highest BCUT2D eigenvalue weighted by Gasteiger charge is 2.46. The lowest BCUT2D eigenvalue weighted by Crippen LogP contribution is -2.62. The topological polar surface area (TPSA) is 291 Å². The van der Waals surface area contributed by atoms with Crippen LogP contribution in [0.15, 0.2) is 103 Å². The maximum atomic E-state index is 14.4. The minimum absolute atomic E-state index is 0.0141. The van der Waals surface area contributed by atoms with Gasteiger partial charge < -0.3 is 66.9 Å². The molecule has 3 fully saturated rings. The number of benzene rings is 4. The van der Waals surface area contributed by atoms with Crippen molar-refractivity contribution in [3.63, 3.8) is 0 Å². The Hall–Kier alpha value is -7.23. The second kappa shape index (κ2) is 27.2. The molecule has 0 aliphatic carbocycles. The van der Waals surface area contributed by atoms with E-state index in [0.717, 1.165) is 57.7 Å².